The first-order valence-electron chi connectivity index (χ1n) is 9.08. The predicted octanol–water partition coefficient (Wildman–Crippen LogP) is 4.09. The van der Waals surface area contributed by atoms with Gasteiger partial charge in [0.05, 0.1) is 24.1 Å². The van der Waals surface area contributed by atoms with E-state index in [0.717, 1.165) is 0 Å². The van der Waals surface area contributed by atoms with E-state index in [1.165, 1.54) is 12.3 Å². The number of amides is 2. The average Bonchev–Trinajstić information content (AvgIpc) is 3.33. The highest BCUT2D eigenvalue weighted by Crippen LogP contribution is 2.48. The van der Waals surface area contributed by atoms with Gasteiger partial charge >= 0.3 is 0 Å². The molecule has 0 bridgehead atoms. The summed E-state index contributed by atoms with van der Waals surface area (Å²) >= 11 is 0. The molecule has 5 nitrogen and oxygen atoms in total. The Morgan fingerprint density at radius 1 is 1.04 bits per heavy atom. The normalized spacial score (nSPS) is 17.8. The zero-order valence-corrected chi connectivity index (χ0v) is 15.0. The van der Waals surface area contributed by atoms with E-state index in [-0.39, 0.29) is 36.0 Å². The molecule has 1 aliphatic carbocycles. The lowest BCUT2D eigenvalue weighted by Crippen LogP contribution is -2.25. The van der Waals surface area contributed by atoms with Crippen molar-refractivity contribution in [2.24, 2.45) is 5.92 Å². The number of rotatable bonds is 6. The van der Waals surface area contributed by atoms with Gasteiger partial charge in [0.25, 0.3) is 5.91 Å². The molecule has 2 atom stereocenters. The van der Waals surface area contributed by atoms with E-state index in [4.69, 9.17) is 4.42 Å². The van der Waals surface area contributed by atoms with Crippen molar-refractivity contribution in [3.63, 3.8) is 0 Å². The van der Waals surface area contributed by atoms with Crippen LogP contribution in [0.3, 0.4) is 0 Å². The molecule has 28 heavy (non-hydrogen) atoms. The molecule has 1 aliphatic rings. The third kappa shape index (κ3) is 3.81. The van der Waals surface area contributed by atoms with Crippen LogP contribution in [0.4, 0.5) is 10.1 Å². The van der Waals surface area contributed by atoms with Crippen molar-refractivity contribution in [2.75, 3.05) is 5.32 Å². The lowest BCUT2D eigenvalue weighted by molar-refractivity contribution is -0.117. The maximum absolute atomic E-state index is 13.9. The molecule has 1 saturated carbocycles. The minimum atomic E-state index is -0.311. The van der Waals surface area contributed by atoms with Crippen LogP contribution in [0.5, 0.6) is 0 Å². The third-order valence-electron chi connectivity index (χ3n) is 4.86. The highest BCUT2D eigenvalue weighted by atomic mass is 19.1. The number of carbonyl (C=O) groups excluding carboxylic acids is 2. The van der Waals surface area contributed by atoms with Gasteiger partial charge in [-0.05, 0) is 48.2 Å². The van der Waals surface area contributed by atoms with Crippen molar-refractivity contribution in [1.29, 1.82) is 0 Å². The molecule has 2 N–H and O–H groups in total. The second-order valence-electron chi connectivity index (χ2n) is 6.77. The Hall–Kier alpha value is -3.41. The van der Waals surface area contributed by atoms with Crippen LogP contribution in [0.2, 0.25) is 0 Å². The number of nitrogens with one attached hydrogen (secondary N) is 2. The molecule has 0 aliphatic heterocycles. The van der Waals surface area contributed by atoms with Crippen molar-refractivity contribution in [3.8, 4) is 0 Å². The van der Waals surface area contributed by atoms with E-state index < -0.39 is 0 Å². The Bertz CT molecular complexity index is 1000. The summed E-state index contributed by atoms with van der Waals surface area (Å²) in [6.45, 7) is 0.256. The fourth-order valence-electron chi connectivity index (χ4n) is 3.30. The maximum Gasteiger partial charge on any atom is 0.253 e. The van der Waals surface area contributed by atoms with Crippen LogP contribution >= 0.6 is 0 Å². The van der Waals surface area contributed by atoms with Gasteiger partial charge in [-0.1, -0.05) is 30.3 Å². The number of para-hydroxylation sites is 1. The van der Waals surface area contributed by atoms with Crippen molar-refractivity contribution in [3.05, 3.63) is 89.6 Å². The number of halogens is 1. The van der Waals surface area contributed by atoms with Gasteiger partial charge in [-0.2, -0.15) is 0 Å². The van der Waals surface area contributed by atoms with Crippen molar-refractivity contribution in [2.45, 2.75) is 18.9 Å². The lowest BCUT2D eigenvalue weighted by Gasteiger charge is -2.11. The van der Waals surface area contributed by atoms with Crippen molar-refractivity contribution < 1.29 is 18.4 Å². The molecule has 1 aromatic heterocycles. The Morgan fingerprint density at radius 2 is 1.82 bits per heavy atom. The molecule has 0 radical (unpaired) electrons. The largest absolute Gasteiger partial charge is 0.467 e. The molecule has 2 unspecified atom stereocenters. The van der Waals surface area contributed by atoms with Crippen LogP contribution < -0.4 is 10.6 Å². The van der Waals surface area contributed by atoms with Gasteiger partial charge in [0, 0.05) is 5.92 Å². The van der Waals surface area contributed by atoms with Gasteiger partial charge in [0.15, 0.2) is 0 Å². The molecule has 3 aromatic rings. The molecule has 2 amide bonds. The van der Waals surface area contributed by atoms with Gasteiger partial charge < -0.3 is 15.1 Å². The number of hydrogen-bond acceptors (Lipinski definition) is 3. The summed E-state index contributed by atoms with van der Waals surface area (Å²) in [5, 5.41) is 5.59. The van der Waals surface area contributed by atoms with E-state index in [9.17, 15) is 14.0 Å². The monoisotopic (exact) mass is 378 g/mol. The number of benzene rings is 2. The standard InChI is InChI=1S/C22H19FN2O3/c23-19-9-3-1-7-15(19)17-12-18(17)22(27)25-20-10-4-2-8-16(20)21(26)24-13-14-6-5-11-28-14/h1-11,17-18H,12-13H2,(H,24,26)(H,25,27). The van der Waals surface area contributed by atoms with E-state index in [0.29, 0.717) is 29.0 Å². The Balaban J connectivity index is 1.42. The third-order valence-corrected chi connectivity index (χ3v) is 4.86. The van der Waals surface area contributed by atoms with Gasteiger partial charge in [0.2, 0.25) is 5.91 Å². The Kier molecular flexibility index (Phi) is 4.93. The predicted molar refractivity (Wildman–Crippen MR) is 102 cm³/mol. The van der Waals surface area contributed by atoms with Gasteiger partial charge in [-0.15, -0.1) is 0 Å². The fourth-order valence-corrected chi connectivity index (χ4v) is 3.30. The van der Waals surface area contributed by atoms with Crippen molar-refractivity contribution in [1.82, 2.24) is 5.32 Å². The highest BCUT2D eigenvalue weighted by molar-refractivity contribution is 6.04. The topological polar surface area (TPSA) is 71.3 Å². The molecular weight excluding hydrogens is 359 g/mol. The molecule has 142 valence electrons. The average molecular weight is 378 g/mol. The Labute approximate surface area is 161 Å². The first kappa shape index (κ1) is 18.0. The zero-order chi connectivity index (χ0) is 19.5. The van der Waals surface area contributed by atoms with Gasteiger partial charge in [0.1, 0.15) is 11.6 Å². The van der Waals surface area contributed by atoms with Gasteiger partial charge in [-0.3, -0.25) is 9.59 Å². The van der Waals surface area contributed by atoms with Crippen LogP contribution in [0.25, 0.3) is 0 Å². The van der Waals surface area contributed by atoms with Crippen LogP contribution in [-0.2, 0) is 11.3 Å². The molecule has 0 spiro atoms. The molecule has 1 heterocycles. The highest BCUT2D eigenvalue weighted by Gasteiger charge is 2.45. The first-order valence-corrected chi connectivity index (χ1v) is 9.08. The summed E-state index contributed by atoms with van der Waals surface area (Å²) in [6.07, 6.45) is 2.14. The second-order valence-corrected chi connectivity index (χ2v) is 6.77. The lowest BCUT2D eigenvalue weighted by atomic mass is 10.1. The fraction of sp³-hybridized carbons (Fsp3) is 0.182. The van der Waals surface area contributed by atoms with Crippen LogP contribution in [0.1, 0.15) is 34.0 Å². The van der Waals surface area contributed by atoms with Gasteiger partial charge in [-0.25, -0.2) is 4.39 Å². The van der Waals surface area contributed by atoms with E-state index in [1.54, 1.807) is 54.6 Å². The summed E-state index contributed by atoms with van der Waals surface area (Å²) in [5.41, 5.74) is 1.36. The number of carbonyl (C=O) groups is 2. The Morgan fingerprint density at radius 3 is 2.61 bits per heavy atom. The molecule has 2 aromatic carbocycles. The summed E-state index contributed by atoms with van der Waals surface area (Å²) in [6, 6.07) is 16.8. The van der Waals surface area contributed by atoms with Crippen LogP contribution in [0, 0.1) is 11.7 Å². The molecule has 0 saturated heterocycles. The summed E-state index contributed by atoms with van der Waals surface area (Å²) in [5.74, 6) is -0.591. The first-order chi connectivity index (χ1) is 13.6. The van der Waals surface area contributed by atoms with Crippen molar-refractivity contribution >= 4 is 17.5 Å². The SMILES string of the molecule is O=C(NCc1ccco1)c1ccccc1NC(=O)C1CC1c1ccccc1F. The smallest absolute Gasteiger partial charge is 0.253 e. The van der Waals surface area contributed by atoms with Crippen LogP contribution in [-0.4, -0.2) is 11.8 Å². The molecule has 6 heteroatoms. The second kappa shape index (κ2) is 7.68. The van der Waals surface area contributed by atoms with E-state index in [1.807, 2.05) is 0 Å². The number of hydrogen-bond donors (Lipinski definition) is 2. The molecule has 1 fully saturated rings. The quantitative estimate of drug-likeness (QED) is 0.679. The zero-order valence-electron chi connectivity index (χ0n) is 15.0. The summed E-state index contributed by atoms with van der Waals surface area (Å²) in [7, 11) is 0. The molecular formula is C22H19FN2O3. The number of furan rings is 1. The maximum atomic E-state index is 13.9. The van der Waals surface area contributed by atoms with Crippen LogP contribution in [0.15, 0.2) is 71.3 Å². The summed E-state index contributed by atoms with van der Waals surface area (Å²) in [4.78, 5) is 25.1. The summed E-state index contributed by atoms with van der Waals surface area (Å²) < 4.78 is 19.1. The minimum absolute atomic E-state index is 0.124. The molecule has 4 rings (SSSR count). The minimum Gasteiger partial charge on any atom is -0.467 e. The number of anilines is 1. The van der Waals surface area contributed by atoms with E-state index >= 15 is 0 Å². The van der Waals surface area contributed by atoms with E-state index in [2.05, 4.69) is 10.6 Å².